The highest BCUT2D eigenvalue weighted by Gasteiger charge is 2.53. The summed E-state index contributed by atoms with van der Waals surface area (Å²) in [5, 5.41) is 9.12. The van der Waals surface area contributed by atoms with E-state index in [4.69, 9.17) is 9.84 Å². The average molecular weight is 192 g/mol. The van der Waals surface area contributed by atoms with Gasteiger partial charge in [-0.05, 0) is 12.5 Å². The van der Waals surface area contributed by atoms with Crippen LogP contribution in [0.5, 0.6) is 0 Å². The first kappa shape index (κ1) is 9.21. The molecule has 0 spiro atoms. The maximum atomic E-state index is 11.3. The van der Waals surface area contributed by atoms with Crippen molar-refractivity contribution in [3.8, 4) is 0 Å². The van der Waals surface area contributed by atoms with E-state index in [1.165, 1.54) is 0 Å². The van der Waals surface area contributed by atoms with Crippen LogP contribution in [0.4, 0.5) is 0 Å². The van der Waals surface area contributed by atoms with Crippen LogP contribution in [-0.4, -0.2) is 23.3 Å². The number of aliphatic hydroxyl groups is 1. The van der Waals surface area contributed by atoms with Crippen molar-refractivity contribution in [2.24, 2.45) is 0 Å². The Morgan fingerprint density at radius 1 is 1.43 bits per heavy atom. The summed E-state index contributed by atoms with van der Waals surface area (Å²) < 4.78 is 4.95. The number of cyclic esters (lactones) is 1. The van der Waals surface area contributed by atoms with Crippen LogP contribution in [0.3, 0.4) is 0 Å². The van der Waals surface area contributed by atoms with E-state index in [0.717, 1.165) is 5.56 Å². The molecule has 1 saturated heterocycles. The van der Waals surface area contributed by atoms with E-state index < -0.39 is 5.60 Å². The SMILES string of the molecule is CC1(CO)OC(=O)C1c1ccccc1. The summed E-state index contributed by atoms with van der Waals surface area (Å²) in [7, 11) is 0. The molecule has 2 unspecified atom stereocenters. The van der Waals surface area contributed by atoms with Crippen molar-refractivity contribution in [2.75, 3.05) is 6.61 Å². The molecule has 1 aliphatic rings. The van der Waals surface area contributed by atoms with Gasteiger partial charge in [-0.2, -0.15) is 0 Å². The smallest absolute Gasteiger partial charge is 0.318 e. The first-order chi connectivity index (χ1) is 6.67. The number of hydrogen-bond acceptors (Lipinski definition) is 3. The van der Waals surface area contributed by atoms with Crippen molar-refractivity contribution in [3.05, 3.63) is 35.9 Å². The quantitative estimate of drug-likeness (QED) is 0.713. The highest BCUT2D eigenvalue weighted by molar-refractivity contribution is 5.86. The number of benzene rings is 1. The third-order valence-corrected chi connectivity index (χ3v) is 2.63. The Balaban J connectivity index is 2.30. The third-order valence-electron chi connectivity index (χ3n) is 2.63. The van der Waals surface area contributed by atoms with Crippen molar-refractivity contribution in [2.45, 2.75) is 18.4 Å². The Labute approximate surface area is 82.3 Å². The molecular formula is C11H12O3. The normalized spacial score (nSPS) is 30.7. The van der Waals surface area contributed by atoms with Crippen LogP contribution in [0.2, 0.25) is 0 Å². The molecule has 14 heavy (non-hydrogen) atoms. The van der Waals surface area contributed by atoms with E-state index in [-0.39, 0.29) is 18.5 Å². The van der Waals surface area contributed by atoms with Crippen molar-refractivity contribution >= 4 is 5.97 Å². The maximum Gasteiger partial charge on any atom is 0.318 e. The molecule has 0 amide bonds. The largest absolute Gasteiger partial charge is 0.455 e. The topological polar surface area (TPSA) is 46.5 Å². The van der Waals surface area contributed by atoms with E-state index >= 15 is 0 Å². The monoisotopic (exact) mass is 192 g/mol. The van der Waals surface area contributed by atoms with Gasteiger partial charge in [-0.1, -0.05) is 30.3 Å². The van der Waals surface area contributed by atoms with Gasteiger partial charge in [0.1, 0.15) is 11.5 Å². The van der Waals surface area contributed by atoms with Crippen molar-refractivity contribution < 1.29 is 14.6 Å². The summed E-state index contributed by atoms with van der Waals surface area (Å²) >= 11 is 0. The van der Waals surface area contributed by atoms with E-state index in [9.17, 15) is 4.79 Å². The Morgan fingerprint density at radius 3 is 2.57 bits per heavy atom. The summed E-state index contributed by atoms with van der Waals surface area (Å²) in [5.74, 6) is -0.582. The fraction of sp³-hybridized carbons (Fsp3) is 0.364. The Morgan fingerprint density at radius 2 is 2.07 bits per heavy atom. The minimum absolute atomic E-state index is 0.141. The molecule has 3 nitrogen and oxygen atoms in total. The second-order valence-electron chi connectivity index (χ2n) is 3.74. The lowest BCUT2D eigenvalue weighted by atomic mass is 9.79. The molecule has 1 aromatic rings. The molecule has 1 N–H and O–H groups in total. The fourth-order valence-electron chi connectivity index (χ4n) is 1.80. The number of esters is 1. The summed E-state index contributed by atoms with van der Waals surface area (Å²) in [5.41, 5.74) is 0.165. The van der Waals surface area contributed by atoms with Crippen LogP contribution < -0.4 is 0 Å². The number of aliphatic hydroxyl groups excluding tert-OH is 1. The highest BCUT2D eigenvalue weighted by atomic mass is 16.6. The van der Waals surface area contributed by atoms with Gasteiger partial charge in [0, 0.05) is 0 Å². The van der Waals surface area contributed by atoms with Crippen LogP contribution in [0.15, 0.2) is 30.3 Å². The molecule has 1 fully saturated rings. The van der Waals surface area contributed by atoms with Crippen LogP contribution in [0, 0.1) is 0 Å². The molecule has 0 aliphatic carbocycles. The van der Waals surface area contributed by atoms with Crippen LogP contribution in [-0.2, 0) is 9.53 Å². The van der Waals surface area contributed by atoms with Gasteiger partial charge >= 0.3 is 5.97 Å². The van der Waals surface area contributed by atoms with Gasteiger partial charge in [0.15, 0.2) is 0 Å². The van der Waals surface area contributed by atoms with Gasteiger partial charge in [0.05, 0.1) is 6.61 Å². The molecule has 0 bridgehead atoms. The second-order valence-corrected chi connectivity index (χ2v) is 3.74. The van der Waals surface area contributed by atoms with E-state index in [1.807, 2.05) is 30.3 Å². The maximum absolute atomic E-state index is 11.3. The number of ether oxygens (including phenoxy) is 1. The van der Waals surface area contributed by atoms with Crippen LogP contribution >= 0.6 is 0 Å². The predicted octanol–water partition coefficient (Wildman–Crippen LogP) is 1.08. The molecule has 2 rings (SSSR count). The van der Waals surface area contributed by atoms with Crippen molar-refractivity contribution in [1.29, 1.82) is 0 Å². The lowest BCUT2D eigenvalue weighted by molar-refractivity contribution is -0.202. The van der Waals surface area contributed by atoms with Gasteiger partial charge in [-0.15, -0.1) is 0 Å². The molecular weight excluding hydrogens is 180 g/mol. The Kier molecular flexibility index (Phi) is 2.04. The average Bonchev–Trinajstić information content (AvgIpc) is 2.18. The Bertz CT molecular complexity index is 347. The molecule has 0 radical (unpaired) electrons. The molecule has 2 atom stereocenters. The highest BCUT2D eigenvalue weighted by Crippen LogP contribution is 2.41. The van der Waals surface area contributed by atoms with Crippen molar-refractivity contribution in [1.82, 2.24) is 0 Å². The zero-order chi connectivity index (χ0) is 10.2. The van der Waals surface area contributed by atoms with Crippen molar-refractivity contribution in [3.63, 3.8) is 0 Å². The fourth-order valence-corrected chi connectivity index (χ4v) is 1.80. The standard InChI is InChI=1S/C11H12O3/c1-11(7-12)9(10(13)14-11)8-5-3-2-4-6-8/h2-6,9,12H,7H2,1H3. The first-order valence-corrected chi connectivity index (χ1v) is 4.56. The number of hydrogen-bond donors (Lipinski definition) is 1. The molecule has 3 heteroatoms. The lowest BCUT2D eigenvalue weighted by Crippen LogP contribution is -2.55. The van der Waals surface area contributed by atoms with Gasteiger partial charge in [0.2, 0.25) is 0 Å². The van der Waals surface area contributed by atoms with Crippen LogP contribution in [0.1, 0.15) is 18.4 Å². The second kappa shape index (κ2) is 3.10. The number of carbonyl (C=O) groups is 1. The molecule has 0 aromatic heterocycles. The molecule has 1 aromatic carbocycles. The van der Waals surface area contributed by atoms with Gasteiger partial charge in [-0.3, -0.25) is 4.79 Å². The number of rotatable bonds is 2. The number of carbonyl (C=O) groups excluding carboxylic acids is 1. The minimum atomic E-state index is -0.738. The molecule has 0 saturated carbocycles. The first-order valence-electron chi connectivity index (χ1n) is 4.56. The molecule has 74 valence electrons. The van der Waals surface area contributed by atoms with E-state index in [1.54, 1.807) is 6.92 Å². The van der Waals surface area contributed by atoms with Gasteiger partial charge in [0.25, 0.3) is 0 Å². The Hall–Kier alpha value is -1.35. The van der Waals surface area contributed by atoms with Gasteiger partial charge in [-0.25, -0.2) is 0 Å². The predicted molar refractivity (Wildman–Crippen MR) is 50.8 cm³/mol. The summed E-state index contributed by atoms with van der Waals surface area (Å²) in [6.45, 7) is 1.60. The van der Waals surface area contributed by atoms with Crippen LogP contribution in [0.25, 0.3) is 0 Å². The van der Waals surface area contributed by atoms with Gasteiger partial charge < -0.3 is 9.84 Å². The van der Waals surface area contributed by atoms with E-state index in [0.29, 0.717) is 0 Å². The summed E-state index contributed by atoms with van der Waals surface area (Å²) in [6, 6.07) is 9.39. The molecule has 1 aliphatic heterocycles. The third kappa shape index (κ3) is 1.21. The molecule has 1 heterocycles. The lowest BCUT2D eigenvalue weighted by Gasteiger charge is -2.43. The summed E-state index contributed by atoms with van der Waals surface area (Å²) in [6.07, 6.45) is 0. The minimum Gasteiger partial charge on any atom is -0.455 e. The zero-order valence-corrected chi connectivity index (χ0v) is 7.93. The van der Waals surface area contributed by atoms with E-state index in [2.05, 4.69) is 0 Å². The summed E-state index contributed by atoms with van der Waals surface area (Å²) in [4.78, 5) is 11.3. The zero-order valence-electron chi connectivity index (χ0n) is 7.93.